The largest absolute Gasteiger partial charge is 0.134 e. The summed E-state index contributed by atoms with van der Waals surface area (Å²) in [5, 5.41) is 14.4. The maximum atomic E-state index is 2.37. The highest BCUT2D eigenvalue weighted by atomic mass is 32.1. The van der Waals surface area contributed by atoms with Gasteiger partial charge in [0.1, 0.15) is 0 Å². The summed E-state index contributed by atoms with van der Waals surface area (Å²) in [7, 11) is 0. The Morgan fingerprint density at radius 2 is 1.14 bits per heavy atom. The van der Waals surface area contributed by atoms with Crippen LogP contribution in [-0.2, 0) is 6.42 Å². The molecule has 0 aliphatic carbocycles. The van der Waals surface area contributed by atoms with Gasteiger partial charge in [-0.15, -0.1) is 11.3 Å². The summed E-state index contributed by atoms with van der Waals surface area (Å²) >= 11 is 1.99. The summed E-state index contributed by atoms with van der Waals surface area (Å²) in [5.74, 6) is 0. The first-order valence-corrected chi connectivity index (χ1v) is 10.8. The van der Waals surface area contributed by atoms with Gasteiger partial charge >= 0.3 is 0 Å². The molecule has 1 aromatic heterocycles. The van der Waals surface area contributed by atoms with Crippen LogP contribution in [0, 0.1) is 6.92 Å². The quantitative estimate of drug-likeness (QED) is 0.270. The number of thiophene rings is 1. The molecule has 0 bridgehead atoms. The van der Waals surface area contributed by atoms with Crippen LogP contribution in [0.2, 0.25) is 0 Å². The van der Waals surface area contributed by atoms with Gasteiger partial charge in [0.2, 0.25) is 0 Å². The lowest BCUT2D eigenvalue weighted by Crippen LogP contribution is -1.82. The Balaban J connectivity index is 1.84. The molecule has 1 heteroatoms. The van der Waals surface area contributed by atoms with E-state index in [9.17, 15) is 0 Å². The summed E-state index contributed by atoms with van der Waals surface area (Å²) in [6, 6.07) is 23.0. The Hall–Kier alpha value is -2.90. The SMILES string of the molecule is CCc1ccc2c3c1cccc3c1sc3c4ccc(C)c5cccc(c54)c3c21. The van der Waals surface area contributed by atoms with Crippen LogP contribution in [0.15, 0.2) is 60.7 Å². The second kappa shape index (κ2) is 4.92. The van der Waals surface area contributed by atoms with Gasteiger partial charge in [-0.1, -0.05) is 67.6 Å². The van der Waals surface area contributed by atoms with Crippen LogP contribution in [0.4, 0.5) is 0 Å². The van der Waals surface area contributed by atoms with Gasteiger partial charge in [0, 0.05) is 30.9 Å². The molecule has 0 atom stereocenters. The Kier molecular flexibility index (Phi) is 2.65. The molecule has 0 unspecified atom stereocenters. The zero-order chi connectivity index (χ0) is 18.6. The number of fused-ring (bicyclic) bond motifs is 7. The lowest BCUT2D eigenvalue weighted by molar-refractivity contribution is 1.16. The maximum Gasteiger partial charge on any atom is 0.0440 e. The highest BCUT2D eigenvalue weighted by Crippen LogP contribution is 2.52. The van der Waals surface area contributed by atoms with Gasteiger partial charge in [0.15, 0.2) is 0 Å². The van der Waals surface area contributed by atoms with E-state index < -0.39 is 0 Å². The van der Waals surface area contributed by atoms with Crippen molar-refractivity contribution in [2.75, 3.05) is 0 Å². The fourth-order valence-electron chi connectivity index (χ4n) is 5.45. The molecule has 28 heavy (non-hydrogen) atoms. The van der Waals surface area contributed by atoms with Crippen molar-refractivity contribution in [3.05, 3.63) is 71.8 Å². The van der Waals surface area contributed by atoms with E-state index in [4.69, 9.17) is 0 Å². The summed E-state index contributed by atoms with van der Waals surface area (Å²) < 4.78 is 2.92. The fourth-order valence-corrected chi connectivity index (χ4v) is 6.84. The molecular weight excluding hydrogens is 356 g/mol. The van der Waals surface area contributed by atoms with Crippen molar-refractivity contribution in [2.45, 2.75) is 20.3 Å². The average Bonchev–Trinajstić information content (AvgIpc) is 3.35. The van der Waals surface area contributed by atoms with Crippen molar-refractivity contribution in [1.29, 1.82) is 0 Å². The fraction of sp³-hybridized carbons (Fsp3) is 0.111. The first-order chi connectivity index (χ1) is 13.8. The molecule has 0 saturated heterocycles. The number of benzene rings is 4. The normalized spacial score (nSPS) is 12.8. The molecule has 0 amide bonds. The van der Waals surface area contributed by atoms with Gasteiger partial charge in [-0.25, -0.2) is 0 Å². The van der Waals surface area contributed by atoms with Crippen LogP contribution in [0.3, 0.4) is 0 Å². The predicted molar refractivity (Wildman–Crippen MR) is 126 cm³/mol. The minimum Gasteiger partial charge on any atom is -0.134 e. The van der Waals surface area contributed by atoms with E-state index in [-0.39, 0.29) is 0 Å². The van der Waals surface area contributed by atoms with E-state index in [1.165, 1.54) is 74.4 Å². The van der Waals surface area contributed by atoms with Crippen LogP contribution < -0.4 is 0 Å². The first kappa shape index (κ1) is 15.1. The molecule has 1 heterocycles. The number of rotatable bonds is 1. The van der Waals surface area contributed by atoms with Crippen molar-refractivity contribution in [1.82, 2.24) is 0 Å². The first-order valence-electron chi connectivity index (χ1n) is 10.0. The Bertz CT molecular complexity index is 1700. The minimum absolute atomic E-state index is 1.08. The zero-order valence-corrected chi connectivity index (χ0v) is 16.7. The van der Waals surface area contributed by atoms with Gasteiger partial charge in [0.05, 0.1) is 0 Å². The maximum absolute atomic E-state index is 2.37. The van der Waals surface area contributed by atoms with Crippen LogP contribution in [0.1, 0.15) is 18.1 Å². The summed E-state index contributed by atoms with van der Waals surface area (Å²) in [6.07, 6.45) is 1.08. The molecule has 132 valence electrons. The highest BCUT2D eigenvalue weighted by Gasteiger charge is 2.22. The summed E-state index contributed by atoms with van der Waals surface area (Å²) in [4.78, 5) is 0. The van der Waals surface area contributed by atoms with Crippen molar-refractivity contribution in [3.8, 4) is 0 Å². The Labute approximate surface area is 166 Å². The number of hydrogen-bond donors (Lipinski definition) is 0. The topological polar surface area (TPSA) is 0 Å². The molecule has 0 radical (unpaired) electrons. The van der Waals surface area contributed by atoms with Gasteiger partial charge < -0.3 is 0 Å². The van der Waals surface area contributed by atoms with E-state index in [1.807, 2.05) is 11.3 Å². The third-order valence-corrected chi connectivity index (χ3v) is 7.96. The molecule has 0 nitrogen and oxygen atoms in total. The predicted octanol–water partition coefficient (Wildman–Crippen LogP) is 8.41. The van der Waals surface area contributed by atoms with E-state index in [0.29, 0.717) is 0 Å². The van der Waals surface area contributed by atoms with Gasteiger partial charge in [0.25, 0.3) is 0 Å². The molecule has 0 saturated carbocycles. The third-order valence-electron chi connectivity index (χ3n) is 6.71. The van der Waals surface area contributed by atoms with Crippen LogP contribution in [-0.4, -0.2) is 0 Å². The van der Waals surface area contributed by atoms with Crippen molar-refractivity contribution < 1.29 is 0 Å². The van der Waals surface area contributed by atoms with Gasteiger partial charge in [-0.05, 0) is 56.8 Å². The molecule has 0 aliphatic rings. The van der Waals surface area contributed by atoms with Gasteiger partial charge in [-0.3, -0.25) is 0 Å². The highest BCUT2D eigenvalue weighted by molar-refractivity contribution is 7.28. The molecule has 0 spiro atoms. The summed E-state index contributed by atoms with van der Waals surface area (Å²) in [6.45, 7) is 4.48. The molecule has 7 rings (SSSR count). The molecule has 0 N–H and O–H groups in total. The Morgan fingerprint density at radius 1 is 0.571 bits per heavy atom. The molecule has 6 aromatic carbocycles. The van der Waals surface area contributed by atoms with Crippen LogP contribution in [0.25, 0.3) is 63.3 Å². The molecule has 0 aliphatic heterocycles. The van der Waals surface area contributed by atoms with Crippen LogP contribution in [0.5, 0.6) is 0 Å². The van der Waals surface area contributed by atoms with Gasteiger partial charge in [-0.2, -0.15) is 0 Å². The number of hydrogen-bond acceptors (Lipinski definition) is 1. The van der Waals surface area contributed by atoms with E-state index >= 15 is 0 Å². The second-order valence-electron chi connectivity index (χ2n) is 8.02. The average molecular weight is 375 g/mol. The second-order valence-corrected chi connectivity index (χ2v) is 9.04. The smallest absolute Gasteiger partial charge is 0.0440 e. The van der Waals surface area contributed by atoms with Crippen molar-refractivity contribution in [3.63, 3.8) is 0 Å². The minimum atomic E-state index is 1.08. The molecule has 7 aromatic rings. The van der Waals surface area contributed by atoms with E-state index in [2.05, 4.69) is 74.5 Å². The molecule has 0 fully saturated rings. The van der Waals surface area contributed by atoms with E-state index in [1.54, 1.807) is 0 Å². The lowest BCUT2D eigenvalue weighted by atomic mass is 9.99. The Morgan fingerprint density at radius 3 is 1.93 bits per heavy atom. The van der Waals surface area contributed by atoms with Crippen LogP contribution >= 0.6 is 11.3 Å². The zero-order valence-electron chi connectivity index (χ0n) is 15.9. The number of aryl methyl sites for hydroxylation is 2. The molecular formula is C27H18S. The lowest BCUT2D eigenvalue weighted by Gasteiger charge is -2.05. The van der Waals surface area contributed by atoms with Crippen molar-refractivity contribution in [2.24, 2.45) is 0 Å². The standard InChI is InChI=1S/C27H18S/c1-3-15-11-13-19-23-17(15)7-5-9-20(23)26-25(19)24-18-8-4-6-16-14(2)10-12-21(22(16)18)27(24)28-26/h4-13H,3H2,1-2H3. The third kappa shape index (κ3) is 1.56. The monoisotopic (exact) mass is 374 g/mol. The summed E-state index contributed by atoms with van der Waals surface area (Å²) in [5.41, 5.74) is 2.82. The van der Waals surface area contributed by atoms with Crippen molar-refractivity contribution >= 4 is 74.6 Å². The van der Waals surface area contributed by atoms with E-state index in [0.717, 1.165) is 6.42 Å².